The Bertz CT molecular complexity index is 639. The fourth-order valence-electron chi connectivity index (χ4n) is 1.77. The molecular formula is C14H12ClF3N2. The van der Waals surface area contributed by atoms with Gasteiger partial charge in [-0.1, -0.05) is 17.7 Å². The van der Waals surface area contributed by atoms with Gasteiger partial charge in [0.25, 0.3) is 0 Å². The molecule has 2 nitrogen and oxygen atoms in total. The molecule has 0 saturated carbocycles. The predicted octanol–water partition coefficient (Wildman–Crippen LogP) is 4.99. The summed E-state index contributed by atoms with van der Waals surface area (Å²) in [5.41, 5.74) is 7.19. The Balaban J connectivity index is 2.39. The summed E-state index contributed by atoms with van der Waals surface area (Å²) in [6.07, 6.45) is -4.44. The van der Waals surface area contributed by atoms with Crippen molar-refractivity contribution in [1.29, 1.82) is 0 Å². The van der Waals surface area contributed by atoms with Crippen LogP contribution in [0.5, 0.6) is 0 Å². The van der Waals surface area contributed by atoms with Crippen LogP contribution >= 0.6 is 11.6 Å². The van der Waals surface area contributed by atoms with E-state index in [1.165, 1.54) is 6.07 Å². The average Bonchev–Trinajstić information content (AvgIpc) is 2.33. The van der Waals surface area contributed by atoms with Gasteiger partial charge in [-0.25, -0.2) is 0 Å². The van der Waals surface area contributed by atoms with E-state index in [9.17, 15) is 13.2 Å². The SMILES string of the molecule is Cc1c(N)cccc1Nc1cc(Cl)cc(C(F)(F)F)c1. The van der Waals surface area contributed by atoms with Gasteiger partial charge in [0.2, 0.25) is 0 Å². The van der Waals surface area contributed by atoms with E-state index in [-0.39, 0.29) is 10.7 Å². The van der Waals surface area contributed by atoms with Crippen LogP contribution in [0.2, 0.25) is 5.02 Å². The van der Waals surface area contributed by atoms with Gasteiger partial charge in [0.1, 0.15) is 0 Å². The molecule has 0 aromatic heterocycles. The van der Waals surface area contributed by atoms with Gasteiger partial charge in [0.15, 0.2) is 0 Å². The number of anilines is 3. The first-order chi connectivity index (χ1) is 9.27. The van der Waals surface area contributed by atoms with Crippen molar-refractivity contribution in [3.8, 4) is 0 Å². The molecule has 0 amide bonds. The minimum atomic E-state index is -4.44. The highest BCUT2D eigenvalue weighted by atomic mass is 35.5. The Kier molecular flexibility index (Phi) is 3.81. The molecule has 2 aromatic rings. The fourth-order valence-corrected chi connectivity index (χ4v) is 2.00. The number of nitrogens with two attached hydrogens (primary N) is 1. The molecular weight excluding hydrogens is 289 g/mol. The lowest BCUT2D eigenvalue weighted by Crippen LogP contribution is -2.06. The zero-order valence-corrected chi connectivity index (χ0v) is 11.3. The Labute approximate surface area is 119 Å². The van der Waals surface area contributed by atoms with Gasteiger partial charge in [-0.05, 0) is 42.8 Å². The first-order valence-corrected chi connectivity index (χ1v) is 6.15. The first kappa shape index (κ1) is 14.5. The van der Waals surface area contributed by atoms with E-state index >= 15 is 0 Å². The molecule has 106 valence electrons. The van der Waals surface area contributed by atoms with Crippen molar-refractivity contribution in [2.75, 3.05) is 11.1 Å². The van der Waals surface area contributed by atoms with E-state index in [4.69, 9.17) is 17.3 Å². The van der Waals surface area contributed by atoms with E-state index < -0.39 is 11.7 Å². The Morgan fingerprint density at radius 1 is 1.15 bits per heavy atom. The fraction of sp³-hybridized carbons (Fsp3) is 0.143. The number of nitrogen functional groups attached to an aromatic ring is 1. The summed E-state index contributed by atoms with van der Waals surface area (Å²) in [6.45, 7) is 1.78. The van der Waals surface area contributed by atoms with E-state index in [1.54, 1.807) is 25.1 Å². The molecule has 0 heterocycles. The van der Waals surface area contributed by atoms with Gasteiger partial charge in [-0.3, -0.25) is 0 Å². The van der Waals surface area contributed by atoms with E-state index in [1.807, 2.05) is 0 Å². The lowest BCUT2D eigenvalue weighted by atomic mass is 10.1. The van der Waals surface area contributed by atoms with Gasteiger partial charge in [-0.15, -0.1) is 0 Å². The maximum atomic E-state index is 12.7. The van der Waals surface area contributed by atoms with Gasteiger partial charge < -0.3 is 11.1 Å². The Hall–Kier alpha value is -1.88. The van der Waals surface area contributed by atoms with Crippen LogP contribution in [0.4, 0.5) is 30.2 Å². The minimum Gasteiger partial charge on any atom is -0.398 e. The molecule has 2 rings (SSSR count). The predicted molar refractivity (Wildman–Crippen MR) is 75.3 cm³/mol. The lowest BCUT2D eigenvalue weighted by molar-refractivity contribution is -0.137. The number of rotatable bonds is 2. The second kappa shape index (κ2) is 5.25. The normalized spacial score (nSPS) is 11.4. The van der Waals surface area contributed by atoms with Crippen LogP contribution in [0.3, 0.4) is 0 Å². The highest BCUT2D eigenvalue weighted by Crippen LogP contribution is 2.34. The zero-order chi connectivity index (χ0) is 14.9. The maximum absolute atomic E-state index is 12.7. The summed E-state index contributed by atoms with van der Waals surface area (Å²) in [5, 5.41) is 2.92. The summed E-state index contributed by atoms with van der Waals surface area (Å²) in [5.74, 6) is 0. The van der Waals surface area contributed by atoms with Crippen molar-refractivity contribution < 1.29 is 13.2 Å². The van der Waals surface area contributed by atoms with Crippen LogP contribution in [0.15, 0.2) is 36.4 Å². The smallest absolute Gasteiger partial charge is 0.398 e. The summed E-state index contributed by atoms with van der Waals surface area (Å²) in [7, 11) is 0. The number of benzene rings is 2. The van der Waals surface area contributed by atoms with Crippen LogP contribution in [0, 0.1) is 6.92 Å². The second-order valence-corrected chi connectivity index (χ2v) is 4.81. The molecule has 0 aliphatic carbocycles. The highest BCUT2D eigenvalue weighted by molar-refractivity contribution is 6.31. The van der Waals surface area contributed by atoms with Crippen LogP contribution in [-0.2, 0) is 6.18 Å². The highest BCUT2D eigenvalue weighted by Gasteiger charge is 2.31. The van der Waals surface area contributed by atoms with E-state index in [2.05, 4.69) is 5.32 Å². The second-order valence-electron chi connectivity index (χ2n) is 4.37. The average molecular weight is 301 g/mol. The van der Waals surface area contributed by atoms with Gasteiger partial charge >= 0.3 is 6.18 Å². The van der Waals surface area contributed by atoms with Crippen molar-refractivity contribution in [1.82, 2.24) is 0 Å². The number of halogens is 4. The first-order valence-electron chi connectivity index (χ1n) is 5.77. The third-order valence-electron chi connectivity index (χ3n) is 2.88. The minimum absolute atomic E-state index is 0.0175. The van der Waals surface area contributed by atoms with E-state index in [0.717, 1.165) is 17.7 Å². The molecule has 0 saturated heterocycles. The van der Waals surface area contributed by atoms with Gasteiger partial charge in [0.05, 0.1) is 5.56 Å². The Morgan fingerprint density at radius 3 is 2.50 bits per heavy atom. The quantitative estimate of drug-likeness (QED) is 0.767. The largest absolute Gasteiger partial charge is 0.416 e. The number of nitrogens with one attached hydrogen (secondary N) is 1. The molecule has 0 aliphatic rings. The molecule has 20 heavy (non-hydrogen) atoms. The topological polar surface area (TPSA) is 38.0 Å². The third kappa shape index (κ3) is 3.17. The molecule has 0 unspecified atom stereocenters. The van der Waals surface area contributed by atoms with Gasteiger partial charge in [0, 0.05) is 22.1 Å². The molecule has 3 N–H and O–H groups in total. The number of alkyl halides is 3. The molecule has 0 fully saturated rings. The molecule has 0 spiro atoms. The summed E-state index contributed by atoms with van der Waals surface area (Å²) >= 11 is 5.73. The van der Waals surface area contributed by atoms with Crippen molar-refractivity contribution in [3.63, 3.8) is 0 Å². The molecule has 6 heteroatoms. The third-order valence-corrected chi connectivity index (χ3v) is 3.10. The molecule has 0 radical (unpaired) electrons. The van der Waals surface area contributed by atoms with Crippen molar-refractivity contribution in [2.45, 2.75) is 13.1 Å². The number of hydrogen-bond donors (Lipinski definition) is 2. The summed E-state index contributed by atoms with van der Waals surface area (Å²) in [4.78, 5) is 0. The maximum Gasteiger partial charge on any atom is 0.416 e. The molecule has 2 aromatic carbocycles. The van der Waals surface area contributed by atoms with Crippen molar-refractivity contribution in [3.05, 3.63) is 52.5 Å². The lowest BCUT2D eigenvalue weighted by Gasteiger charge is -2.14. The molecule has 0 aliphatic heterocycles. The molecule has 0 bridgehead atoms. The molecule has 0 atom stereocenters. The zero-order valence-electron chi connectivity index (χ0n) is 10.6. The van der Waals surface area contributed by atoms with E-state index in [0.29, 0.717) is 11.4 Å². The van der Waals surface area contributed by atoms with Crippen LogP contribution in [-0.4, -0.2) is 0 Å². The standard InChI is InChI=1S/C14H12ClF3N2/c1-8-12(19)3-2-4-13(8)20-11-6-9(14(16,17)18)5-10(15)7-11/h2-7,20H,19H2,1H3. The van der Waals surface area contributed by atoms with Crippen LogP contribution in [0.1, 0.15) is 11.1 Å². The van der Waals surface area contributed by atoms with Crippen LogP contribution in [0.25, 0.3) is 0 Å². The summed E-state index contributed by atoms with van der Waals surface area (Å²) < 4.78 is 38.2. The van der Waals surface area contributed by atoms with Crippen molar-refractivity contribution in [2.24, 2.45) is 0 Å². The van der Waals surface area contributed by atoms with Gasteiger partial charge in [-0.2, -0.15) is 13.2 Å². The van der Waals surface area contributed by atoms with Crippen molar-refractivity contribution >= 4 is 28.7 Å². The number of hydrogen-bond acceptors (Lipinski definition) is 2. The summed E-state index contributed by atoms with van der Waals surface area (Å²) in [6, 6.07) is 8.51. The monoisotopic (exact) mass is 300 g/mol. The van der Waals surface area contributed by atoms with Crippen LogP contribution < -0.4 is 11.1 Å². The Morgan fingerprint density at radius 2 is 1.85 bits per heavy atom.